The fourth-order valence-electron chi connectivity index (χ4n) is 0.589. The molecule has 0 aliphatic rings. The second-order valence-electron chi connectivity index (χ2n) is 2.30. The van der Waals surface area contributed by atoms with Gasteiger partial charge >= 0.3 is 33.9 Å². The molecule has 2 N–H and O–H groups in total. The fraction of sp³-hybridized carbons (Fsp3) is 0.400. The van der Waals surface area contributed by atoms with Gasteiger partial charge in [-0.05, 0) is 0 Å². The molecule has 1 aromatic carbocycles. The van der Waals surface area contributed by atoms with Crippen molar-refractivity contribution < 1.29 is 11.0 Å². The molecule has 0 spiro atoms. The summed E-state index contributed by atoms with van der Waals surface area (Å²) in [7, 11) is 5.14. The molecule has 0 heterocycles. The Morgan fingerprint density at radius 2 is 1.15 bits per heavy atom. The van der Waals surface area contributed by atoms with E-state index in [1.165, 1.54) is 12.8 Å². The van der Waals surface area contributed by atoms with Crippen molar-refractivity contribution in [2.24, 2.45) is 0 Å². The smallest absolute Gasteiger partial charge is 0.0623 e. The van der Waals surface area contributed by atoms with Crippen LogP contribution in [-0.4, -0.2) is 18.8 Å². The molecular weight excluding hydrogens is 163 g/mol. The molecule has 3 heteroatoms. The van der Waals surface area contributed by atoms with Gasteiger partial charge in [0.1, 0.15) is 0 Å². The van der Waals surface area contributed by atoms with Gasteiger partial charge in [0.25, 0.3) is 0 Å². The topological polar surface area (TPSA) is 60.0 Å². The van der Waals surface area contributed by atoms with Crippen molar-refractivity contribution >= 4 is 7.85 Å². The first-order valence-electron chi connectivity index (χ1n) is 4.12. The van der Waals surface area contributed by atoms with Gasteiger partial charge in [-0.15, -0.1) is 0 Å². The Balaban J connectivity index is -0.000000136. The zero-order valence-corrected chi connectivity index (χ0v) is 8.06. The maximum Gasteiger partial charge on any atom is -0.0623 e. The van der Waals surface area contributed by atoms with Gasteiger partial charge in [-0.25, -0.2) is 0 Å². The quantitative estimate of drug-likeness (QED) is 0.656. The van der Waals surface area contributed by atoms with Crippen LogP contribution in [0.2, 0.25) is 6.32 Å². The van der Waals surface area contributed by atoms with Crippen molar-refractivity contribution in [2.45, 2.75) is 26.1 Å². The number of rotatable bonds is 2. The molecule has 1 aromatic rings. The molecule has 0 unspecified atom stereocenters. The summed E-state index contributed by atoms with van der Waals surface area (Å²) >= 11 is 0. The van der Waals surface area contributed by atoms with E-state index in [1.54, 1.807) is 0 Å². The molecule has 0 amide bonds. The van der Waals surface area contributed by atoms with Gasteiger partial charge in [0.15, 0.2) is 0 Å². The fourth-order valence-corrected chi connectivity index (χ4v) is 0.589. The summed E-state index contributed by atoms with van der Waals surface area (Å²) in [6, 6.07) is 12.0. The summed E-state index contributed by atoms with van der Waals surface area (Å²) in [5, 5.41) is 0. The molecule has 2 nitrogen and oxygen atoms in total. The SMILES string of the molecule is [B+2]CCCC.[OH-].[OH-].c1ccccc1. The molecule has 0 radical (unpaired) electrons. The third-order valence-corrected chi connectivity index (χ3v) is 1.22. The van der Waals surface area contributed by atoms with Crippen molar-refractivity contribution in [1.29, 1.82) is 0 Å². The zero-order chi connectivity index (χ0) is 8.36. The van der Waals surface area contributed by atoms with Crippen LogP contribution in [0.15, 0.2) is 36.4 Å². The summed E-state index contributed by atoms with van der Waals surface area (Å²) in [4.78, 5) is 0. The van der Waals surface area contributed by atoms with Crippen molar-refractivity contribution in [3.8, 4) is 0 Å². The van der Waals surface area contributed by atoms with Gasteiger partial charge in [-0.1, -0.05) is 36.4 Å². The largest absolute Gasteiger partial charge is 0.870 e. The summed E-state index contributed by atoms with van der Waals surface area (Å²) in [6.07, 6.45) is 3.23. The third kappa shape index (κ3) is 18.3. The van der Waals surface area contributed by atoms with Crippen LogP contribution in [0.3, 0.4) is 0 Å². The Kier molecular flexibility index (Phi) is 24.1. The predicted octanol–water partition coefficient (Wildman–Crippen LogP) is 2.71. The predicted molar refractivity (Wildman–Crippen MR) is 55.8 cm³/mol. The Morgan fingerprint density at radius 3 is 1.23 bits per heavy atom. The van der Waals surface area contributed by atoms with E-state index in [0.29, 0.717) is 0 Å². The molecule has 72 valence electrons. The second kappa shape index (κ2) is 17.3. The average Bonchev–Trinajstić information content (AvgIpc) is 2.10. The van der Waals surface area contributed by atoms with Crippen LogP contribution in [-0.2, 0) is 0 Å². The average molecular weight is 180 g/mol. The van der Waals surface area contributed by atoms with Crippen LogP contribution >= 0.6 is 0 Å². The van der Waals surface area contributed by atoms with E-state index < -0.39 is 0 Å². The van der Waals surface area contributed by atoms with E-state index >= 15 is 0 Å². The van der Waals surface area contributed by atoms with Crippen molar-refractivity contribution in [3.63, 3.8) is 0 Å². The van der Waals surface area contributed by atoms with E-state index in [1.807, 2.05) is 36.4 Å². The maximum absolute atomic E-state index is 5.14. The molecular formula is C10H17BO2. The van der Waals surface area contributed by atoms with Gasteiger partial charge in [0, 0.05) is 0 Å². The molecule has 0 aromatic heterocycles. The Morgan fingerprint density at radius 1 is 0.846 bits per heavy atom. The minimum Gasteiger partial charge on any atom is -0.870 e. The number of unbranched alkanes of at least 4 members (excludes halogenated alkanes) is 1. The molecule has 0 bridgehead atoms. The minimum atomic E-state index is 0. The maximum atomic E-state index is 5.14. The van der Waals surface area contributed by atoms with Gasteiger partial charge < -0.3 is 11.0 Å². The molecule has 0 aliphatic carbocycles. The Labute approximate surface area is 82.0 Å². The number of hydrogen-bond donors (Lipinski definition) is 0. The van der Waals surface area contributed by atoms with Gasteiger partial charge in [-0.3, -0.25) is 0 Å². The van der Waals surface area contributed by atoms with E-state index in [4.69, 9.17) is 7.85 Å². The summed E-state index contributed by atoms with van der Waals surface area (Å²) < 4.78 is 0. The number of hydrogen-bond acceptors (Lipinski definition) is 2. The summed E-state index contributed by atoms with van der Waals surface area (Å²) in [6.45, 7) is 2.13. The molecule has 1 rings (SSSR count). The first-order valence-corrected chi connectivity index (χ1v) is 4.12. The van der Waals surface area contributed by atoms with E-state index in [2.05, 4.69) is 6.92 Å². The van der Waals surface area contributed by atoms with Crippen molar-refractivity contribution in [1.82, 2.24) is 0 Å². The van der Waals surface area contributed by atoms with Gasteiger partial charge in [-0.2, -0.15) is 0 Å². The second-order valence-corrected chi connectivity index (χ2v) is 2.30. The Bertz CT molecular complexity index is 116. The molecule has 0 atom stereocenters. The van der Waals surface area contributed by atoms with Crippen LogP contribution in [0, 0.1) is 0 Å². The minimum absolute atomic E-state index is 0. The molecule has 0 aliphatic heterocycles. The van der Waals surface area contributed by atoms with E-state index in [-0.39, 0.29) is 11.0 Å². The van der Waals surface area contributed by atoms with Gasteiger partial charge in [0.2, 0.25) is 0 Å². The van der Waals surface area contributed by atoms with E-state index in [9.17, 15) is 0 Å². The van der Waals surface area contributed by atoms with Crippen molar-refractivity contribution in [2.75, 3.05) is 0 Å². The molecule has 0 fully saturated rings. The molecule has 0 saturated carbocycles. The van der Waals surface area contributed by atoms with Crippen molar-refractivity contribution in [3.05, 3.63) is 36.4 Å². The molecule has 0 saturated heterocycles. The normalized spacial score (nSPS) is 7.00. The van der Waals surface area contributed by atoms with Gasteiger partial charge in [0.05, 0.1) is 0 Å². The first-order chi connectivity index (χ1) is 5.41. The van der Waals surface area contributed by atoms with Crippen LogP contribution in [0.25, 0.3) is 0 Å². The first kappa shape index (κ1) is 18.1. The third-order valence-electron chi connectivity index (χ3n) is 1.22. The number of benzene rings is 1. The van der Waals surface area contributed by atoms with E-state index in [0.717, 1.165) is 6.32 Å². The Hall–Kier alpha value is -0.795. The van der Waals surface area contributed by atoms with Crippen LogP contribution in [0.1, 0.15) is 19.8 Å². The monoisotopic (exact) mass is 180 g/mol. The van der Waals surface area contributed by atoms with Crippen LogP contribution in [0.5, 0.6) is 0 Å². The zero-order valence-electron chi connectivity index (χ0n) is 8.06. The van der Waals surface area contributed by atoms with Crippen LogP contribution in [0.4, 0.5) is 0 Å². The molecule has 13 heavy (non-hydrogen) atoms. The summed E-state index contributed by atoms with van der Waals surface area (Å²) in [5.74, 6) is 0. The summed E-state index contributed by atoms with van der Waals surface area (Å²) in [5.41, 5.74) is 0. The standard InChI is InChI=1S/C6H6.C4H9B.2H2O/c1-2-4-6-5-3-1;1-2-3-4-5;;/h1-6H;2-4H2,1H3;2*1H2/q;+2;;/p-2. The van der Waals surface area contributed by atoms with Crippen LogP contribution < -0.4 is 0 Å².